The number of carbonyl (C=O) groups excluding carboxylic acids is 1. The van der Waals surface area contributed by atoms with Crippen LogP contribution in [0.1, 0.15) is 21.1 Å². The largest absolute Gasteiger partial charge is 0.352 e. The third-order valence-electron chi connectivity index (χ3n) is 2.25. The molecule has 2 rings (SSSR count). The van der Waals surface area contributed by atoms with Crippen LogP contribution in [-0.2, 0) is 6.42 Å². The molecular weight excluding hydrogens is 307 g/mol. The van der Waals surface area contributed by atoms with E-state index in [1.807, 2.05) is 12.3 Å². The van der Waals surface area contributed by atoms with Gasteiger partial charge in [-0.1, -0.05) is 23.2 Å². The topological polar surface area (TPSA) is 67.8 Å². The van der Waals surface area contributed by atoms with Crippen LogP contribution in [0.2, 0.25) is 10.3 Å². The van der Waals surface area contributed by atoms with Crippen molar-refractivity contribution in [3.8, 4) is 0 Å². The minimum absolute atomic E-state index is 0.0343. The maximum Gasteiger partial charge on any atom is 0.254 e. The summed E-state index contributed by atoms with van der Waals surface area (Å²) in [7, 11) is 0. The SMILES string of the molecule is Cc1csc(CCNC(=O)c2cc(Cl)nnc2Cl)n1. The van der Waals surface area contributed by atoms with Gasteiger partial charge in [-0.25, -0.2) is 4.98 Å². The molecule has 0 bridgehead atoms. The van der Waals surface area contributed by atoms with Crippen LogP contribution in [0.25, 0.3) is 0 Å². The van der Waals surface area contributed by atoms with Gasteiger partial charge in [0, 0.05) is 24.0 Å². The van der Waals surface area contributed by atoms with Gasteiger partial charge >= 0.3 is 0 Å². The van der Waals surface area contributed by atoms with Crippen LogP contribution in [0.15, 0.2) is 11.4 Å². The molecule has 0 fully saturated rings. The molecule has 0 atom stereocenters. The first kappa shape index (κ1) is 14.2. The molecule has 0 spiro atoms. The second-order valence-electron chi connectivity index (χ2n) is 3.76. The number of nitrogens with zero attached hydrogens (tertiary/aromatic N) is 3. The lowest BCUT2D eigenvalue weighted by molar-refractivity contribution is 0.0953. The Morgan fingerprint density at radius 1 is 1.42 bits per heavy atom. The highest BCUT2D eigenvalue weighted by atomic mass is 35.5. The van der Waals surface area contributed by atoms with Crippen molar-refractivity contribution in [2.45, 2.75) is 13.3 Å². The van der Waals surface area contributed by atoms with E-state index < -0.39 is 0 Å². The average Bonchev–Trinajstić information content (AvgIpc) is 2.78. The van der Waals surface area contributed by atoms with E-state index in [9.17, 15) is 4.79 Å². The lowest BCUT2D eigenvalue weighted by atomic mass is 10.3. The smallest absolute Gasteiger partial charge is 0.254 e. The maximum atomic E-state index is 11.9. The Morgan fingerprint density at radius 2 is 2.21 bits per heavy atom. The zero-order valence-corrected chi connectivity index (χ0v) is 12.3. The van der Waals surface area contributed by atoms with Gasteiger partial charge in [0.25, 0.3) is 5.91 Å². The van der Waals surface area contributed by atoms with E-state index >= 15 is 0 Å². The molecule has 0 aromatic carbocycles. The van der Waals surface area contributed by atoms with Crippen LogP contribution in [0.5, 0.6) is 0 Å². The second kappa shape index (κ2) is 6.27. The van der Waals surface area contributed by atoms with Crippen LogP contribution >= 0.6 is 34.5 Å². The summed E-state index contributed by atoms with van der Waals surface area (Å²) in [4.78, 5) is 16.2. The molecular formula is C11H10Cl2N4OS. The van der Waals surface area contributed by atoms with Crippen LogP contribution in [0.3, 0.4) is 0 Å². The fourth-order valence-corrected chi connectivity index (χ4v) is 2.51. The van der Waals surface area contributed by atoms with Gasteiger partial charge < -0.3 is 5.32 Å². The molecule has 0 saturated heterocycles. The van der Waals surface area contributed by atoms with Gasteiger partial charge in [-0.3, -0.25) is 4.79 Å². The molecule has 2 aromatic heterocycles. The van der Waals surface area contributed by atoms with Crippen molar-refractivity contribution in [2.24, 2.45) is 0 Å². The molecule has 0 aliphatic rings. The molecule has 0 radical (unpaired) electrons. The van der Waals surface area contributed by atoms with Crippen LogP contribution in [-0.4, -0.2) is 27.6 Å². The monoisotopic (exact) mass is 316 g/mol. The summed E-state index contributed by atoms with van der Waals surface area (Å²) < 4.78 is 0. The molecule has 0 saturated carbocycles. The zero-order valence-electron chi connectivity index (χ0n) is 9.98. The van der Waals surface area contributed by atoms with Gasteiger partial charge in [-0.2, -0.15) is 0 Å². The Hall–Kier alpha value is -1.24. The molecule has 0 aliphatic carbocycles. The predicted molar refractivity (Wildman–Crippen MR) is 74.9 cm³/mol. The zero-order chi connectivity index (χ0) is 13.8. The fourth-order valence-electron chi connectivity index (χ4n) is 1.41. The first-order chi connectivity index (χ1) is 9.06. The first-order valence-electron chi connectivity index (χ1n) is 5.44. The molecule has 1 N–H and O–H groups in total. The first-order valence-corrected chi connectivity index (χ1v) is 7.08. The quantitative estimate of drug-likeness (QED) is 0.941. The third-order valence-corrected chi connectivity index (χ3v) is 3.74. The number of hydrogen-bond donors (Lipinski definition) is 1. The van der Waals surface area contributed by atoms with Crippen molar-refractivity contribution in [3.63, 3.8) is 0 Å². The number of thiazole rings is 1. The van der Waals surface area contributed by atoms with Gasteiger partial charge in [-0.15, -0.1) is 21.5 Å². The number of carbonyl (C=O) groups is 1. The molecule has 2 aromatic rings. The predicted octanol–water partition coefficient (Wildman–Crippen LogP) is 2.52. The Morgan fingerprint density at radius 3 is 2.89 bits per heavy atom. The van der Waals surface area contributed by atoms with Gasteiger partial charge in [0.15, 0.2) is 10.3 Å². The Balaban J connectivity index is 1.92. The van der Waals surface area contributed by atoms with Crippen LogP contribution < -0.4 is 5.32 Å². The lowest BCUT2D eigenvalue weighted by Gasteiger charge is -2.05. The van der Waals surface area contributed by atoms with Crippen molar-refractivity contribution < 1.29 is 4.79 Å². The number of aryl methyl sites for hydroxylation is 1. The number of amides is 1. The van der Waals surface area contributed by atoms with Crippen molar-refractivity contribution >= 4 is 40.4 Å². The van der Waals surface area contributed by atoms with E-state index in [-0.39, 0.29) is 21.8 Å². The molecule has 8 heteroatoms. The van der Waals surface area contributed by atoms with E-state index in [0.717, 1.165) is 10.7 Å². The van der Waals surface area contributed by atoms with Crippen LogP contribution in [0.4, 0.5) is 0 Å². The molecule has 5 nitrogen and oxygen atoms in total. The standard InChI is InChI=1S/C11H10Cl2N4OS/c1-6-5-19-9(15-6)2-3-14-11(18)7-4-8(12)16-17-10(7)13/h4-5H,2-3H2,1H3,(H,14,18). The fraction of sp³-hybridized carbons (Fsp3) is 0.273. The van der Waals surface area contributed by atoms with E-state index in [1.54, 1.807) is 11.3 Å². The minimum Gasteiger partial charge on any atom is -0.352 e. The van der Waals surface area contributed by atoms with E-state index in [0.29, 0.717) is 13.0 Å². The normalized spacial score (nSPS) is 10.5. The van der Waals surface area contributed by atoms with Crippen molar-refractivity contribution in [3.05, 3.63) is 38.0 Å². The Kier molecular flexibility index (Phi) is 4.68. The lowest BCUT2D eigenvalue weighted by Crippen LogP contribution is -2.26. The number of hydrogen-bond acceptors (Lipinski definition) is 5. The molecule has 19 heavy (non-hydrogen) atoms. The Bertz CT molecular complexity index is 602. The number of nitrogens with one attached hydrogen (secondary N) is 1. The summed E-state index contributed by atoms with van der Waals surface area (Å²) in [6, 6.07) is 1.39. The second-order valence-corrected chi connectivity index (χ2v) is 5.45. The summed E-state index contributed by atoms with van der Waals surface area (Å²) >= 11 is 13.0. The summed E-state index contributed by atoms with van der Waals surface area (Å²) in [6.07, 6.45) is 0.675. The van der Waals surface area contributed by atoms with E-state index in [2.05, 4.69) is 20.5 Å². The molecule has 0 aliphatic heterocycles. The highest BCUT2D eigenvalue weighted by molar-refractivity contribution is 7.09. The number of halogens is 2. The van der Waals surface area contributed by atoms with E-state index in [4.69, 9.17) is 23.2 Å². The van der Waals surface area contributed by atoms with Gasteiger partial charge in [-0.05, 0) is 13.0 Å². The van der Waals surface area contributed by atoms with Gasteiger partial charge in [0.1, 0.15) is 0 Å². The molecule has 1 amide bonds. The molecule has 0 unspecified atom stereocenters. The van der Waals surface area contributed by atoms with Crippen molar-refractivity contribution in [1.29, 1.82) is 0 Å². The number of aromatic nitrogens is 3. The molecule has 100 valence electrons. The third kappa shape index (κ3) is 3.86. The maximum absolute atomic E-state index is 11.9. The minimum atomic E-state index is -0.324. The van der Waals surface area contributed by atoms with Crippen molar-refractivity contribution in [2.75, 3.05) is 6.54 Å². The Labute approximate surface area is 124 Å². The summed E-state index contributed by atoms with van der Waals surface area (Å²) in [5.41, 5.74) is 1.21. The summed E-state index contributed by atoms with van der Waals surface area (Å²) in [5.74, 6) is -0.324. The highest BCUT2D eigenvalue weighted by Crippen LogP contribution is 2.15. The van der Waals surface area contributed by atoms with Crippen LogP contribution in [0, 0.1) is 6.92 Å². The van der Waals surface area contributed by atoms with E-state index in [1.165, 1.54) is 6.07 Å². The van der Waals surface area contributed by atoms with Gasteiger partial charge in [0.05, 0.1) is 10.6 Å². The average molecular weight is 317 g/mol. The highest BCUT2D eigenvalue weighted by Gasteiger charge is 2.12. The van der Waals surface area contributed by atoms with Gasteiger partial charge in [0.2, 0.25) is 0 Å². The summed E-state index contributed by atoms with van der Waals surface area (Å²) in [5, 5.41) is 13.0. The van der Waals surface area contributed by atoms with Crippen molar-refractivity contribution in [1.82, 2.24) is 20.5 Å². The molecule has 2 heterocycles. The number of rotatable bonds is 4. The summed E-state index contributed by atoms with van der Waals surface area (Å²) in [6.45, 7) is 2.41.